The maximum absolute atomic E-state index is 10.9. The quantitative estimate of drug-likeness (QED) is 0.374. The number of rotatable bonds is 1. The number of esters is 1. The summed E-state index contributed by atoms with van der Waals surface area (Å²) in [5, 5.41) is 3.56. The maximum atomic E-state index is 10.9. The van der Waals surface area contributed by atoms with Crippen LogP contribution in [0.4, 0.5) is 4.79 Å². The van der Waals surface area contributed by atoms with Crippen molar-refractivity contribution >= 4 is 23.8 Å². The molecule has 0 saturated carbocycles. The monoisotopic (exact) mass is 186 g/mol. The number of nitrogens with one attached hydrogen (secondary N) is 2. The van der Waals surface area contributed by atoms with Crippen molar-refractivity contribution < 1.29 is 23.9 Å². The summed E-state index contributed by atoms with van der Waals surface area (Å²) in [5.74, 6) is -2.66. The van der Waals surface area contributed by atoms with Crippen LogP contribution in [0.1, 0.15) is 6.92 Å². The zero-order chi connectivity index (χ0) is 10.0. The predicted molar refractivity (Wildman–Crippen MR) is 37.2 cm³/mol. The zero-order valence-electron chi connectivity index (χ0n) is 6.62. The molecule has 1 rings (SSSR count). The minimum Gasteiger partial charge on any atom is -0.442 e. The van der Waals surface area contributed by atoms with Gasteiger partial charge in [0.05, 0.1) is 0 Å². The SMILES string of the molecule is CC(=O)OC1C(=O)NC(=O)NC1=O. The summed E-state index contributed by atoms with van der Waals surface area (Å²) in [5.41, 5.74) is 0. The second-order valence-electron chi connectivity index (χ2n) is 2.30. The van der Waals surface area contributed by atoms with E-state index in [9.17, 15) is 19.2 Å². The molecule has 1 aliphatic heterocycles. The summed E-state index contributed by atoms with van der Waals surface area (Å²) in [6.45, 7) is 1.05. The van der Waals surface area contributed by atoms with Gasteiger partial charge < -0.3 is 4.74 Å². The molecular weight excluding hydrogens is 180 g/mol. The molecule has 0 aromatic carbocycles. The highest BCUT2D eigenvalue weighted by atomic mass is 16.6. The van der Waals surface area contributed by atoms with Gasteiger partial charge in [-0.05, 0) is 0 Å². The highest BCUT2D eigenvalue weighted by Crippen LogP contribution is 1.97. The summed E-state index contributed by atoms with van der Waals surface area (Å²) in [6, 6.07) is -0.918. The summed E-state index contributed by atoms with van der Waals surface area (Å²) in [7, 11) is 0. The first-order valence-electron chi connectivity index (χ1n) is 3.33. The summed E-state index contributed by atoms with van der Waals surface area (Å²) < 4.78 is 4.35. The van der Waals surface area contributed by atoms with E-state index in [-0.39, 0.29) is 0 Å². The predicted octanol–water partition coefficient (Wildman–Crippen LogP) is -1.72. The van der Waals surface area contributed by atoms with Gasteiger partial charge in [-0.1, -0.05) is 0 Å². The van der Waals surface area contributed by atoms with E-state index in [1.807, 2.05) is 0 Å². The number of ether oxygens (including phenoxy) is 1. The highest BCUT2D eigenvalue weighted by Gasteiger charge is 2.36. The molecule has 1 saturated heterocycles. The van der Waals surface area contributed by atoms with E-state index >= 15 is 0 Å². The Morgan fingerprint density at radius 1 is 1.23 bits per heavy atom. The molecule has 70 valence electrons. The largest absolute Gasteiger partial charge is 0.442 e. The first-order valence-corrected chi connectivity index (χ1v) is 3.33. The molecule has 1 fully saturated rings. The molecule has 4 amide bonds. The molecular formula is C6H6N2O5. The van der Waals surface area contributed by atoms with E-state index in [0.29, 0.717) is 0 Å². The Labute approximate surface area is 72.4 Å². The molecule has 1 heterocycles. The third kappa shape index (κ3) is 2.01. The van der Waals surface area contributed by atoms with Gasteiger partial charge in [0, 0.05) is 6.92 Å². The molecule has 0 spiro atoms. The van der Waals surface area contributed by atoms with Crippen LogP contribution in [0.25, 0.3) is 0 Å². The Morgan fingerprint density at radius 3 is 2.08 bits per heavy atom. The van der Waals surface area contributed by atoms with Gasteiger partial charge in [-0.25, -0.2) is 4.79 Å². The second kappa shape index (κ2) is 3.21. The Bertz CT molecular complexity index is 277. The summed E-state index contributed by atoms with van der Waals surface area (Å²) in [4.78, 5) is 42.7. The van der Waals surface area contributed by atoms with Crippen molar-refractivity contribution in [2.24, 2.45) is 0 Å². The maximum Gasteiger partial charge on any atom is 0.328 e. The lowest BCUT2D eigenvalue weighted by Gasteiger charge is -2.19. The Morgan fingerprint density at radius 2 is 1.69 bits per heavy atom. The fourth-order valence-electron chi connectivity index (χ4n) is 0.778. The Balaban J connectivity index is 2.73. The van der Waals surface area contributed by atoms with Crippen LogP contribution in [-0.4, -0.2) is 29.9 Å². The highest BCUT2D eigenvalue weighted by molar-refractivity contribution is 6.18. The topological polar surface area (TPSA) is 102 Å². The van der Waals surface area contributed by atoms with Crippen LogP contribution in [0.3, 0.4) is 0 Å². The lowest BCUT2D eigenvalue weighted by atomic mass is 10.2. The van der Waals surface area contributed by atoms with Crippen molar-refractivity contribution in [3.8, 4) is 0 Å². The zero-order valence-corrected chi connectivity index (χ0v) is 6.62. The van der Waals surface area contributed by atoms with Crippen LogP contribution in [0, 0.1) is 0 Å². The van der Waals surface area contributed by atoms with Crippen LogP contribution in [0.2, 0.25) is 0 Å². The molecule has 0 aromatic heterocycles. The van der Waals surface area contributed by atoms with Crippen LogP contribution in [0.15, 0.2) is 0 Å². The van der Waals surface area contributed by atoms with Crippen molar-refractivity contribution in [1.82, 2.24) is 10.6 Å². The normalized spacial score (nSPS) is 17.8. The molecule has 13 heavy (non-hydrogen) atoms. The molecule has 0 aliphatic carbocycles. The van der Waals surface area contributed by atoms with Gasteiger partial charge in [-0.3, -0.25) is 25.0 Å². The summed E-state index contributed by atoms with van der Waals surface area (Å²) in [6.07, 6.45) is -1.57. The number of imide groups is 2. The van der Waals surface area contributed by atoms with Gasteiger partial charge in [-0.2, -0.15) is 0 Å². The Kier molecular flexibility index (Phi) is 2.27. The molecule has 2 N–H and O–H groups in total. The lowest BCUT2D eigenvalue weighted by Crippen LogP contribution is -2.59. The molecule has 0 aromatic rings. The van der Waals surface area contributed by atoms with E-state index in [1.54, 1.807) is 10.6 Å². The van der Waals surface area contributed by atoms with E-state index < -0.39 is 29.9 Å². The molecule has 0 radical (unpaired) electrons. The van der Waals surface area contributed by atoms with Crippen LogP contribution in [0.5, 0.6) is 0 Å². The van der Waals surface area contributed by atoms with Gasteiger partial charge >= 0.3 is 12.0 Å². The minimum atomic E-state index is -1.57. The number of barbiturate groups is 1. The second-order valence-corrected chi connectivity index (χ2v) is 2.30. The van der Waals surface area contributed by atoms with Crippen molar-refractivity contribution in [2.45, 2.75) is 13.0 Å². The number of carbonyl (C=O) groups is 4. The fraction of sp³-hybridized carbons (Fsp3) is 0.333. The average molecular weight is 186 g/mol. The van der Waals surface area contributed by atoms with Crippen molar-refractivity contribution in [3.63, 3.8) is 0 Å². The minimum absolute atomic E-state index is 0.773. The van der Waals surface area contributed by atoms with E-state index in [2.05, 4.69) is 4.74 Å². The molecule has 0 atom stereocenters. The van der Waals surface area contributed by atoms with Gasteiger partial charge in [0.1, 0.15) is 0 Å². The van der Waals surface area contributed by atoms with E-state index in [1.165, 1.54) is 0 Å². The molecule has 0 unspecified atom stereocenters. The fourth-order valence-corrected chi connectivity index (χ4v) is 0.778. The molecule has 7 heteroatoms. The smallest absolute Gasteiger partial charge is 0.328 e. The first kappa shape index (κ1) is 9.17. The van der Waals surface area contributed by atoms with Crippen LogP contribution < -0.4 is 10.6 Å². The lowest BCUT2D eigenvalue weighted by molar-refractivity contribution is -0.160. The van der Waals surface area contributed by atoms with E-state index in [0.717, 1.165) is 6.92 Å². The Hall–Kier alpha value is -1.92. The standard InChI is InChI=1S/C6H6N2O5/c1-2(9)13-3-4(10)7-6(12)8-5(3)11/h3H,1H3,(H2,7,8,10,11,12). The van der Waals surface area contributed by atoms with Gasteiger partial charge in [-0.15, -0.1) is 0 Å². The van der Waals surface area contributed by atoms with Gasteiger partial charge in [0.25, 0.3) is 17.9 Å². The molecule has 0 bridgehead atoms. The third-order valence-electron chi connectivity index (χ3n) is 1.23. The molecule has 7 nitrogen and oxygen atoms in total. The first-order chi connectivity index (χ1) is 6.00. The number of carbonyl (C=O) groups excluding carboxylic acids is 4. The van der Waals surface area contributed by atoms with Crippen LogP contribution in [-0.2, 0) is 19.1 Å². The van der Waals surface area contributed by atoms with Gasteiger partial charge in [0.15, 0.2) is 0 Å². The number of urea groups is 1. The van der Waals surface area contributed by atoms with Crippen molar-refractivity contribution in [2.75, 3.05) is 0 Å². The average Bonchev–Trinajstić information content (AvgIpc) is 1.96. The van der Waals surface area contributed by atoms with Crippen molar-refractivity contribution in [1.29, 1.82) is 0 Å². The number of hydrogen-bond acceptors (Lipinski definition) is 5. The van der Waals surface area contributed by atoms with Crippen molar-refractivity contribution in [3.05, 3.63) is 0 Å². The van der Waals surface area contributed by atoms with Crippen LogP contribution >= 0.6 is 0 Å². The van der Waals surface area contributed by atoms with Gasteiger partial charge in [0.2, 0.25) is 0 Å². The number of amides is 4. The number of hydrogen-bond donors (Lipinski definition) is 2. The third-order valence-corrected chi connectivity index (χ3v) is 1.23. The van der Waals surface area contributed by atoms with E-state index in [4.69, 9.17) is 0 Å². The molecule has 1 aliphatic rings. The summed E-state index contributed by atoms with van der Waals surface area (Å²) >= 11 is 0.